The molecule has 18 heavy (non-hydrogen) atoms. The van der Waals surface area contributed by atoms with Gasteiger partial charge in [0.25, 0.3) is 5.91 Å². The summed E-state index contributed by atoms with van der Waals surface area (Å²) in [5.41, 5.74) is 2.38. The number of halogens is 2. The second-order valence-electron chi connectivity index (χ2n) is 3.87. The maximum atomic E-state index is 12.0. The average Bonchev–Trinajstić information content (AvgIpc) is 2.65. The number of hydrogen-bond acceptors (Lipinski definition) is 2. The summed E-state index contributed by atoms with van der Waals surface area (Å²) in [6.45, 7) is 3.67. The number of amides is 1. The fourth-order valence-electron chi connectivity index (χ4n) is 1.50. The normalized spacial score (nSPS) is 10.4. The number of carbonyl (C=O) groups is 1. The molecule has 0 spiro atoms. The van der Waals surface area contributed by atoms with E-state index in [1.165, 1.54) is 0 Å². The van der Waals surface area contributed by atoms with Gasteiger partial charge in [0.05, 0.1) is 15.7 Å². The molecule has 94 valence electrons. The number of anilines is 1. The number of nitrogens with zero attached hydrogens (tertiary/aromatic N) is 1. The Morgan fingerprint density at radius 1 is 1.28 bits per heavy atom. The molecule has 1 amide bonds. The summed E-state index contributed by atoms with van der Waals surface area (Å²) >= 11 is 12.0. The molecule has 0 atom stereocenters. The molecule has 0 aliphatic heterocycles. The lowest BCUT2D eigenvalue weighted by Crippen LogP contribution is -2.14. The lowest BCUT2D eigenvalue weighted by atomic mass is 10.2. The predicted molar refractivity (Wildman–Crippen MR) is 72.5 cm³/mol. The topological polar surface area (TPSA) is 57.8 Å². The van der Waals surface area contributed by atoms with Crippen molar-refractivity contribution in [3.8, 4) is 0 Å². The highest BCUT2D eigenvalue weighted by molar-refractivity contribution is 6.40. The lowest BCUT2D eigenvalue weighted by Gasteiger charge is -2.08. The minimum Gasteiger partial charge on any atom is -0.318 e. The molecule has 0 aliphatic rings. The molecule has 0 fully saturated rings. The van der Waals surface area contributed by atoms with E-state index in [0.717, 1.165) is 11.3 Å². The Morgan fingerprint density at radius 2 is 1.89 bits per heavy atom. The maximum absolute atomic E-state index is 12.0. The standard InChI is InChI=1S/C12H11Cl2N3O/c1-6-7(2)16-17-10(6)12(18)15-11-8(13)4-3-5-9(11)14/h3-5H,1-2H3,(H,15,18)(H,16,17). The Bertz CT molecular complexity index is 587. The minimum absolute atomic E-state index is 0.337. The van der Waals surface area contributed by atoms with Gasteiger partial charge in [0.15, 0.2) is 5.69 Å². The summed E-state index contributed by atoms with van der Waals surface area (Å²) in [5, 5.41) is 10.1. The largest absolute Gasteiger partial charge is 0.318 e. The summed E-state index contributed by atoms with van der Waals surface area (Å²) in [4.78, 5) is 12.0. The van der Waals surface area contributed by atoms with Crippen molar-refractivity contribution in [3.63, 3.8) is 0 Å². The van der Waals surface area contributed by atoms with Crippen LogP contribution in [0.4, 0.5) is 5.69 Å². The summed E-state index contributed by atoms with van der Waals surface area (Å²) in [7, 11) is 0. The van der Waals surface area contributed by atoms with Gasteiger partial charge in [-0.15, -0.1) is 0 Å². The van der Waals surface area contributed by atoms with Crippen LogP contribution in [-0.4, -0.2) is 16.1 Å². The van der Waals surface area contributed by atoms with Crippen molar-refractivity contribution in [1.29, 1.82) is 0 Å². The van der Waals surface area contributed by atoms with E-state index in [1.807, 2.05) is 13.8 Å². The van der Waals surface area contributed by atoms with Gasteiger partial charge < -0.3 is 5.32 Å². The molecule has 1 aromatic carbocycles. The highest BCUT2D eigenvalue weighted by Gasteiger charge is 2.16. The molecule has 0 unspecified atom stereocenters. The summed E-state index contributed by atoms with van der Waals surface area (Å²) in [5.74, 6) is -0.341. The Balaban J connectivity index is 2.30. The van der Waals surface area contributed by atoms with E-state index in [0.29, 0.717) is 21.4 Å². The van der Waals surface area contributed by atoms with Gasteiger partial charge in [0.2, 0.25) is 0 Å². The van der Waals surface area contributed by atoms with Crippen LogP contribution in [0.15, 0.2) is 18.2 Å². The highest BCUT2D eigenvalue weighted by Crippen LogP contribution is 2.30. The van der Waals surface area contributed by atoms with E-state index >= 15 is 0 Å². The third kappa shape index (κ3) is 2.35. The number of aromatic amines is 1. The Labute approximate surface area is 114 Å². The van der Waals surface area contributed by atoms with Crippen LogP contribution in [0.5, 0.6) is 0 Å². The fraction of sp³-hybridized carbons (Fsp3) is 0.167. The first kappa shape index (κ1) is 12.9. The third-order valence-corrected chi connectivity index (χ3v) is 3.30. The fourth-order valence-corrected chi connectivity index (χ4v) is 1.99. The minimum atomic E-state index is -0.341. The predicted octanol–water partition coefficient (Wildman–Crippen LogP) is 3.59. The van der Waals surface area contributed by atoms with Crippen molar-refractivity contribution in [2.24, 2.45) is 0 Å². The Hall–Kier alpha value is -1.52. The quantitative estimate of drug-likeness (QED) is 0.885. The van der Waals surface area contributed by atoms with Crippen molar-refractivity contribution in [3.05, 3.63) is 45.2 Å². The van der Waals surface area contributed by atoms with E-state index in [-0.39, 0.29) is 5.91 Å². The first-order valence-electron chi connectivity index (χ1n) is 5.27. The summed E-state index contributed by atoms with van der Waals surface area (Å²) in [6.07, 6.45) is 0. The molecule has 4 nitrogen and oxygen atoms in total. The van der Waals surface area contributed by atoms with Crippen molar-refractivity contribution in [2.75, 3.05) is 5.32 Å². The molecule has 0 saturated carbocycles. The third-order valence-electron chi connectivity index (χ3n) is 2.67. The zero-order chi connectivity index (χ0) is 13.3. The van der Waals surface area contributed by atoms with Gasteiger partial charge in [-0.05, 0) is 26.0 Å². The number of carbonyl (C=O) groups excluding carboxylic acids is 1. The number of H-pyrrole nitrogens is 1. The lowest BCUT2D eigenvalue weighted by molar-refractivity contribution is 0.102. The van der Waals surface area contributed by atoms with Crippen LogP contribution >= 0.6 is 23.2 Å². The van der Waals surface area contributed by atoms with Crippen molar-refractivity contribution >= 4 is 34.8 Å². The molecule has 2 N–H and O–H groups in total. The van der Waals surface area contributed by atoms with Gasteiger partial charge in [0, 0.05) is 11.3 Å². The molecule has 2 rings (SSSR count). The van der Waals surface area contributed by atoms with Crippen LogP contribution < -0.4 is 5.32 Å². The van der Waals surface area contributed by atoms with Crippen LogP contribution in [0.3, 0.4) is 0 Å². The van der Waals surface area contributed by atoms with Crippen molar-refractivity contribution in [1.82, 2.24) is 10.2 Å². The zero-order valence-corrected chi connectivity index (χ0v) is 11.4. The number of hydrogen-bond donors (Lipinski definition) is 2. The van der Waals surface area contributed by atoms with Crippen molar-refractivity contribution in [2.45, 2.75) is 13.8 Å². The second kappa shape index (κ2) is 5.00. The molecular formula is C12H11Cl2N3O. The molecule has 0 bridgehead atoms. The van der Waals surface area contributed by atoms with Gasteiger partial charge in [-0.25, -0.2) is 0 Å². The first-order chi connectivity index (χ1) is 8.50. The smallest absolute Gasteiger partial charge is 0.276 e. The van der Waals surface area contributed by atoms with Gasteiger partial charge >= 0.3 is 0 Å². The number of nitrogens with one attached hydrogen (secondary N) is 2. The van der Waals surface area contributed by atoms with Gasteiger partial charge in [-0.1, -0.05) is 29.3 Å². The van der Waals surface area contributed by atoms with Crippen LogP contribution in [0.1, 0.15) is 21.7 Å². The number of para-hydroxylation sites is 1. The molecule has 2 aromatic rings. The monoisotopic (exact) mass is 283 g/mol. The van der Waals surface area contributed by atoms with Crippen LogP contribution in [0.2, 0.25) is 10.0 Å². The van der Waals surface area contributed by atoms with Gasteiger partial charge in [0.1, 0.15) is 0 Å². The van der Waals surface area contributed by atoms with Gasteiger partial charge in [-0.2, -0.15) is 5.10 Å². The van der Waals surface area contributed by atoms with E-state index in [9.17, 15) is 4.79 Å². The van der Waals surface area contributed by atoms with E-state index < -0.39 is 0 Å². The van der Waals surface area contributed by atoms with Crippen LogP contribution in [0.25, 0.3) is 0 Å². The molecule has 1 heterocycles. The molecular weight excluding hydrogens is 273 g/mol. The highest BCUT2D eigenvalue weighted by atomic mass is 35.5. The molecule has 0 radical (unpaired) electrons. The average molecular weight is 284 g/mol. The van der Waals surface area contributed by atoms with E-state index in [4.69, 9.17) is 23.2 Å². The Morgan fingerprint density at radius 3 is 2.39 bits per heavy atom. The van der Waals surface area contributed by atoms with Crippen molar-refractivity contribution < 1.29 is 4.79 Å². The summed E-state index contributed by atoms with van der Waals surface area (Å²) < 4.78 is 0. The molecule has 0 aliphatic carbocycles. The van der Waals surface area contributed by atoms with Gasteiger partial charge in [-0.3, -0.25) is 9.89 Å². The van der Waals surface area contributed by atoms with Crippen LogP contribution in [-0.2, 0) is 0 Å². The second-order valence-corrected chi connectivity index (χ2v) is 4.69. The number of benzene rings is 1. The number of aryl methyl sites for hydroxylation is 1. The summed E-state index contributed by atoms with van der Waals surface area (Å²) in [6, 6.07) is 5.03. The van der Waals surface area contributed by atoms with Crippen LogP contribution in [0, 0.1) is 13.8 Å². The molecule has 6 heteroatoms. The molecule has 0 saturated heterocycles. The van der Waals surface area contributed by atoms with E-state index in [2.05, 4.69) is 15.5 Å². The maximum Gasteiger partial charge on any atom is 0.276 e. The number of rotatable bonds is 2. The SMILES string of the molecule is Cc1[nH]nc(C(=O)Nc2c(Cl)cccc2Cl)c1C. The Kier molecular flexibility index (Phi) is 3.59. The number of aromatic nitrogens is 2. The first-order valence-corrected chi connectivity index (χ1v) is 6.03. The molecule has 1 aromatic heterocycles. The van der Waals surface area contributed by atoms with E-state index in [1.54, 1.807) is 18.2 Å². The zero-order valence-electron chi connectivity index (χ0n) is 9.84.